The van der Waals surface area contributed by atoms with Gasteiger partial charge in [-0.2, -0.15) is 0 Å². The highest BCUT2D eigenvalue weighted by Gasteiger charge is 2.29. The van der Waals surface area contributed by atoms with Crippen LogP contribution in [0.5, 0.6) is 0 Å². The number of nitrogens with zero attached hydrogens (tertiary/aromatic N) is 2. The van der Waals surface area contributed by atoms with E-state index in [2.05, 4.69) is 0 Å². The summed E-state index contributed by atoms with van der Waals surface area (Å²) < 4.78 is 0. The molecule has 0 fully saturated rings. The highest BCUT2D eigenvalue weighted by atomic mass is 16.5. The minimum atomic E-state index is -0.831. The molecule has 1 amide bonds. The maximum Gasteiger partial charge on any atom is 0.241 e. The Balaban J connectivity index is 2.56. The van der Waals surface area contributed by atoms with E-state index in [1.165, 1.54) is 13.0 Å². The van der Waals surface area contributed by atoms with Gasteiger partial charge in [-0.3, -0.25) is 10.0 Å². The van der Waals surface area contributed by atoms with Gasteiger partial charge in [0, 0.05) is 0 Å². The summed E-state index contributed by atoms with van der Waals surface area (Å²) in [6, 6.07) is 5.58. The van der Waals surface area contributed by atoms with Crippen molar-refractivity contribution < 1.29 is 10.0 Å². The number of hydrogen-bond acceptors (Lipinski definition) is 4. The van der Waals surface area contributed by atoms with Gasteiger partial charge in [0.25, 0.3) is 0 Å². The largest absolute Gasteiger partial charge is 0.752 e. The molecule has 1 aliphatic heterocycles. The average Bonchev–Trinajstić information content (AvgIpc) is 2.23. The van der Waals surface area contributed by atoms with Gasteiger partial charge in [0.1, 0.15) is 6.04 Å². The second-order valence-electron chi connectivity index (χ2n) is 3.14. The van der Waals surface area contributed by atoms with Gasteiger partial charge in [-0.05, 0) is 19.1 Å². The van der Waals surface area contributed by atoms with Crippen LogP contribution < -0.4 is 10.1 Å². The van der Waals surface area contributed by atoms with Crippen LogP contribution in [0.2, 0.25) is 0 Å². The third kappa shape index (κ3) is 1.07. The Bertz CT molecular complexity index is 380. The van der Waals surface area contributed by atoms with Crippen molar-refractivity contribution in [3.8, 4) is 0 Å². The Hall–Kier alpha value is -1.59. The van der Waals surface area contributed by atoms with Crippen LogP contribution in [-0.4, -0.2) is 17.2 Å². The van der Waals surface area contributed by atoms with E-state index in [9.17, 15) is 15.2 Å². The molecule has 5 heteroatoms. The van der Waals surface area contributed by atoms with E-state index in [1.807, 2.05) is 0 Å². The van der Waals surface area contributed by atoms with Crippen LogP contribution in [0, 0.1) is 5.21 Å². The highest BCUT2D eigenvalue weighted by Crippen LogP contribution is 2.33. The second-order valence-corrected chi connectivity index (χ2v) is 3.14. The minimum Gasteiger partial charge on any atom is -0.752 e. The molecule has 0 aliphatic carbocycles. The molecular formula is C9H9N2O3-. The maximum atomic E-state index is 11.4. The van der Waals surface area contributed by atoms with Crippen LogP contribution in [0.4, 0.5) is 11.4 Å². The molecule has 0 aromatic heterocycles. The van der Waals surface area contributed by atoms with Crippen LogP contribution in [0.15, 0.2) is 24.3 Å². The lowest BCUT2D eigenvalue weighted by atomic mass is 10.1. The van der Waals surface area contributed by atoms with Crippen molar-refractivity contribution in [1.29, 1.82) is 0 Å². The quantitative estimate of drug-likeness (QED) is 0.670. The lowest BCUT2D eigenvalue weighted by Gasteiger charge is -2.41. The van der Waals surface area contributed by atoms with E-state index < -0.39 is 11.9 Å². The van der Waals surface area contributed by atoms with E-state index in [4.69, 9.17) is 0 Å². The molecule has 1 aliphatic rings. The summed E-state index contributed by atoms with van der Waals surface area (Å²) in [6.07, 6.45) is 0. The molecule has 0 saturated carbocycles. The first kappa shape index (κ1) is 8.98. The van der Waals surface area contributed by atoms with Crippen molar-refractivity contribution >= 4 is 17.3 Å². The van der Waals surface area contributed by atoms with E-state index in [0.717, 1.165) is 5.06 Å². The lowest BCUT2D eigenvalue weighted by molar-refractivity contribution is -0.120. The van der Waals surface area contributed by atoms with Crippen molar-refractivity contribution in [3.63, 3.8) is 0 Å². The zero-order valence-corrected chi connectivity index (χ0v) is 7.54. The number of amides is 1. The monoisotopic (exact) mass is 193 g/mol. The predicted molar refractivity (Wildman–Crippen MR) is 51.0 cm³/mol. The summed E-state index contributed by atoms with van der Waals surface area (Å²) in [6.45, 7) is 1.48. The number of hydroxylamine groups is 2. The predicted octanol–water partition coefficient (Wildman–Crippen LogP) is 1.12. The Kier molecular flexibility index (Phi) is 1.90. The summed E-state index contributed by atoms with van der Waals surface area (Å²) >= 11 is 0. The van der Waals surface area contributed by atoms with Gasteiger partial charge in [0.05, 0.1) is 11.4 Å². The van der Waals surface area contributed by atoms with Crippen LogP contribution >= 0.6 is 0 Å². The molecule has 0 spiro atoms. The van der Waals surface area contributed by atoms with E-state index in [0.29, 0.717) is 10.8 Å². The number of anilines is 2. The zero-order valence-electron chi connectivity index (χ0n) is 7.54. The number of carbonyl (C=O) groups is 1. The SMILES string of the molecule is CC1C(=O)N([O-])c2ccccc2N1O. The normalized spacial score (nSPS) is 21.1. The Labute approximate surface area is 80.7 Å². The van der Waals surface area contributed by atoms with Crippen molar-refractivity contribution in [2.45, 2.75) is 13.0 Å². The summed E-state index contributed by atoms with van der Waals surface area (Å²) in [7, 11) is 0. The van der Waals surface area contributed by atoms with E-state index in [-0.39, 0.29) is 5.69 Å². The number of hydrogen-bond donors (Lipinski definition) is 1. The zero-order chi connectivity index (χ0) is 10.3. The Morgan fingerprint density at radius 2 is 1.93 bits per heavy atom. The maximum absolute atomic E-state index is 11.4. The van der Waals surface area contributed by atoms with Gasteiger partial charge in [0.2, 0.25) is 5.91 Å². The molecule has 74 valence electrons. The van der Waals surface area contributed by atoms with E-state index >= 15 is 0 Å². The van der Waals surface area contributed by atoms with Gasteiger partial charge in [0.15, 0.2) is 0 Å². The fourth-order valence-corrected chi connectivity index (χ4v) is 1.43. The number of carbonyl (C=O) groups excluding carboxylic acids is 1. The summed E-state index contributed by atoms with van der Waals surface area (Å²) in [4.78, 5) is 11.3. The molecule has 5 nitrogen and oxygen atoms in total. The molecule has 1 aromatic carbocycles. The van der Waals surface area contributed by atoms with E-state index in [1.54, 1.807) is 18.2 Å². The molecule has 0 radical (unpaired) electrons. The van der Waals surface area contributed by atoms with Crippen molar-refractivity contribution in [3.05, 3.63) is 29.5 Å². The smallest absolute Gasteiger partial charge is 0.241 e. The molecule has 1 N–H and O–H groups in total. The van der Waals surface area contributed by atoms with Gasteiger partial charge >= 0.3 is 0 Å². The molecule has 2 rings (SSSR count). The van der Waals surface area contributed by atoms with Crippen molar-refractivity contribution in [2.24, 2.45) is 0 Å². The number of fused-ring (bicyclic) bond motifs is 1. The molecule has 14 heavy (non-hydrogen) atoms. The molecule has 0 saturated heterocycles. The first-order chi connectivity index (χ1) is 6.63. The fraction of sp³-hybridized carbons (Fsp3) is 0.222. The molecule has 0 bridgehead atoms. The number of rotatable bonds is 0. The third-order valence-corrected chi connectivity index (χ3v) is 2.27. The first-order valence-corrected chi connectivity index (χ1v) is 4.21. The molecule has 1 aromatic rings. The topological polar surface area (TPSA) is 66.8 Å². The molecule has 1 unspecified atom stereocenters. The third-order valence-electron chi connectivity index (χ3n) is 2.27. The lowest BCUT2D eigenvalue weighted by Crippen LogP contribution is -2.48. The first-order valence-electron chi connectivity index (χ1n) is 4.21. The number of para-hydroxylation sites is 2. The number of benzene rings is 1. The highest BCUT2D eigenvalue weighted by molar-refractivity contribution is 6.05. The van der Waals surface area contributed by atoms with Crippen LogP contribution in [0.25, 0.3) is 0 Å². The molecule has 1 heterocycles. The Morgan fingerprint density at radius 1 is 1.36 bits per heavy atom. The van der Waals surface area contributed by atoms with Crippen LogP contribution in [0.3, 0.4) is 0 Å². The van der Waals surface area contributed by atoms with Gasteiger partial charge in [-0.1, -0.05) is 12.1 Å². The van der Waals surface area contributed by atoms with Gasteiger partial charge in [-0.15, -0.1) is 0 Å². The van der Waals surface area contributed by atoms with Crippen LogP contribution in [-0.2, 0) is 4.79 Å². The standard InChI is InChI=1S/C9H9N2O3/c1-6-9(12)11(14)8-5-3-2-4-7(8)10(6)13/h2-6,13H,1H3/q-1. The van der Waals surface area contributed by atoms with Gasteiger partial charge in [-0.25, -0.2) is 5.06 Å². The Morgan fingerprint density at radius 3 is 2.57 bits per heavy atom. The fourth-order valence-electron chi connectivity index (χ4n) is 1.43. The van der Waals surface area contributed by atoms with Crippen molar-refractivity contribution in [2.75, 3.05) is 10.1 Å². The molecular weight excluding hydrogens is 184 g/mol. The van der Waals surface area contributed by atoms with Crippen molar-refractivity contribution in [1.82, 2.24) is 0 Å². The second kappa shape index (κ2) is 2.97. The minimum absolute atomic E-state index is 0.179. The average molecular weight is 193 g/mol. The van der Waals surface area contributed by atoms with Crippen LogP contribution in [0.1, 0.15) is 6.92 Å². The summed E-state index contributed by atoms with van der Waals surface area (Å²) in [5, 5.41) is 22.1. The summed E-state index contributed by atoms with van der Waals surface area (Å²) in [5.41, 5.74) is 0.535. The molecule has 1 atom stereocenters. The van der Waals surface area contributed by atoms with Gasteiger partial charge < -0.3 is 10.3 Å². The summed E-state index contributed by atoms with van der Waals surface area (Å²) in [5.74, 6) is -0.661.